The topological polar surface area (TPSA) is 52.6 Å². The van der Waals surface area contributed by atoms with Gasteiger partial charge in [0.25, 0.3) is 0 Å². The molecule has 0 aromatic heterocycles. The third kappa shape index (κ3) is 6.81. The van der Waals surface area contributed by atoms with E-state index in [2.05, 4.69) is 11.7 Å². The van der Waals surface area contributed by atoms with Crippen molar-refractivity contribution in [3.63, 3.8) is 0 Å². The van der Waals surface area contributed by atoms with Crippen LogP contribution in [0.5, 0.6) is 0 Å². The number of hydrogen-bond acceptors (Lipinski definition) is 4. The van der Waals surface area contributed by atoms with Crippen LogP contribution in [0.2, 0.25) is 0 Å². The highest BCUT2D eigenvalue weighted by Gasteiger charge is 2.13. The highest BCUT2D eigenvalue weighted by atomic mass is 127. The van der Waals surface area contributed by atoms with Crippen LogP contribution in [0, 0.1) is 0 Å². The van der Waals surface area contributed by atoms with E-state index in [1.807, 2.05) is 22.6 Å². The van der Waals surface area contributed by atoms with Crippen LogP contribution in [-0.4, -0.2) is 25.2 Å². The van der Waals surface area contributed by atoms with Gasteiger partial charge in [-0.25, -0.2) is 4.79 Å². The molecule has 0 aliphatic heterocycles. The van der Waals surface area contributed by atoms with Crippen LogP contribution < -0.4 is 0 Å². The van der Waals surface area contributed by atoms with Crippen molar-refractivity contribution in [1.82, 2.24) is 0 Å². The maximum atomic E-state index is 11.2. The zero-order valence-electron chi connectivity index (χ0n) is 9.79. The Morgan fingerprint density at radius 2 is 2.06 bits per heavy atom. The Bertz CT molecular complexity index is 273. The molecule has 0 aliphatic carbocycles. The molecule has 0 rings (SSSR count). The predicted octanol–water partition coefficient (Wildman–Crippen LogP) is 2.60. The highest BCUT2D eigenvalue weighted by Crippen LogP contribution is 2.14. The maximum absolute atomic E-state index is 11.2. The first-order valence-corrected chi connectivity index (χ1v) is 6.22. The van der Waals surface area contributed by atoms with Crippen molar-refractivity contribution in [3.05, 3.63) is 9.66 Å². The highest BCUT2D eigenvalue weighted by molar-refractivity contribution is 14.1. The Labute approximate surface area is 110 Å². The molecule has 92 valence electrons. The number of unbranched alkanes of at least 4 members (excludes halogenated alkanes) is 1. The molecule has 4 nitrogen and oxygen atoms in total. The van der Waals surface area contributed by atoms with Crippen LogP contribution in [0.4, 0.5) is 0 Å². The molecule has 0 aromatic rings. The molecular weight excluding hydrogens is 323 g/mol. The number of methoxy groups -OCH3 is 1. The van der Waals surface area contributed by atoms with Gasteiger partial charge in [0, 0.05) is 6.92 Å². The second-order valence-corrected chi connectivity index (χ2v) is 4.46. The molecule has 0 N–H and O–H groups in total. The second kappa shape index (κ2) is 8.55. The van der Waals surface area contributed by atoms with Gasteiger partial charge in [0.2, 0.25) is 0 Å². The van der Waals surface area contributed by atoms with Gasteiger partial charge in [-0.15, -0.1) is 0 Å². The van der Waals surface area contributed by atoms with Gasteiger partial charge in [0.1, 0.15) is 6.10 Å². The third-order valence-corrected chi connectivity index (χ3v) is 2.67. The molecule has 5 heteroatoms. The first-order chi connectivity index (χ1) is 7.51. The molecule has 0 fully saturated rings. The summed E-state index contributed by atoms with van der Waals surface area (Å²) in [6, 6.07) is 0. The number of halogens is 1. The number of carbonyl (C=O) groups excluding carboxylic acids is 2. The SMILES string of the molecule is CCCC[C@H](/C=C(\I)C(=O)OC)OC(C)=O. The third-order valence-electron chi connectivity index (χ3n) is 1.87. The van der Waals surface area contributed by atoms with Gasteiger partial charge in [-0.2, -0.15) is 0 Å². The summed E-state index contributed by atoms with van der Waals surface area (Å²) in [5.74, 6) is -0.749. The fraction of sp³-hybridized carbons (Fsp3) is 0.636. The lowest BCUT2D eigenvalue weighted by Gasteiger charge is -2.13. The van der Waals surface area contributed by atoms with Crippen molar-refractivity contribution in [2.75, 3.05) is 7.11 Å². The second-order valence-electron chi connectivity index (χ2n) is 3.30. The maximum Gasteiger partial charge on any atom is 0.343 e. The molecule has 0 radical (unpaired) electrons. The number of rotatable bonds is 6. The molecular formula is C11H17IO4. The van der Waals surface area contributed by atoms with Crippen LogP contribution in [0.1, 0.15) is 33.1 Å². The first-order valence-electron chi connectivity index (χ1n) is 5.14. The van der Waals surface area contributed by atoms with Crippen molar-refractivity contribution < 1.29 is 19.1 Å². The predicted molar refractivity (Wildman–Crippen MR) is 69.2 cm³/mol. The van der Waals surface area contributed by atoms with E-state index in [1.54, 1.807) is 6.08 Å². The normalized spacial score (nSPS) is 13.1. The van der Waals surface area contributed by atoms with Gasteiger partial charge in [-0.1, -0.05) is 13.3 Å². The Kier molecular flexibility index (Phi) is 8.23. The van der Waals surface area contributed by atoms with Gasteiger partial charge in [-0.3, -0.25) is 4.79 Å². The van der Waals surface area contributed by atoms with E-state index in [0.717, 1.165) is 19.3 Å². The largest absolute Gasteiger partial charge is 0.465 e. The summed E-state index contributed by atoms with van der Waals surface area (Å²) in [5.41, 5.74) is 0. The van der Waals surface area contributed by atoms with E-state index in [-0.39, 0.29) is 12.1 Å². The van der Waals surface area contributed by atoms with Gasteiger partial charge in [-0.05, 0) is 41.5 Å². The van der Waals surface area contributed by atoms with Crippen LogP contribution in [0.25, 0.3) is 0 Å². The lowest BCUT2D eigenvalue weighted by molar-refractivity contribution is -0.144. The monoisotopic (exact) mass is 340 g/mol. The number of ether oxygens (including phenoxy) is 2. The summed E-state index contributed by atoms with van der Waals surface area (Å²) >= 11 is 1.88. The molecule has 0 unspecified atom stereocenters. The van der Waals surface area contributed by atoms with Crippen molar-refractivity contribution in [3.8, 4) is 0 Å². The fourth-order valence-corrected chi connectivity index (χ4v) is 1.74. The number of hydrogen-bond donors (Lipinski definition) is 0. The van der Waals surface area contributed by atoms with E-state index in [1.165, 1.54) is 14.0 Å². The van der Waals surface area contributed by atoms with Gasteiger partial charge < -0.3 is 9.47 Å². The Balaban J connectivity index is 4.49. The van der Waals surface area contributed by atoms with Crippen molar-refractivity contribution in [1.29, 1.82) is 0 Å². The average molecular weight is 340 g/mol. The van der Waals surface area contributed by atoms with Gasteiger partial charge in [0.05, 0.1) is 10.7 Å². The van der Waals surface area contributed by atoms with E-state index in [4.69, 9.17) is 4.74 Å². The van der Waals surface area contributed by atoms with Crippen LogP contribution >= 0.6 is 22.6 Å². The Morgan fingerprint density at radius 3 is 2.50 bits per heavy atom. The Hall–Kier alpha value is -0.590. The first kappa shape index (κ1) is 15.4. The van der Waals surface area contributed by atoms with Crippen LogP contribution in [0.15, 0.2) is 9.66 Å². The minimum absolute atomic E-state index is 0.341. The van der Waals surface area contributed by atoms with Crippen molar-refractivity contribution >= 4 is 34.5 Å². The van der Waals surface area contributed by atoms with Crippen molar-refractivity contribution in [2.24, 2.45) is 0 Å². The summed E-state index contributed by atoms with van der Waals surface area (Å²) in [6.07, 6.45) is 3.96. The quantitative estimate of drug-likeness (QED) is 0.424. The van der Waals surface area contributed by atoms with Gasteiger partial charge in [0.15, 0.2) is 0 Å². The molecule has 0 aromatic carbocycles. The Morgan fingerprint density at radius 1 is 1.44 bits per heavy atom. The molecule has 0 bridgehead atoms. The molecule has 1 atom stereocenters. The minimum Gasteiger partial charge on any atom is -0.465 e. The molecule has 0 heterocycles. The molecule has 0 aliphatic rings. The van der Waals surface area contributed by atoms with Crippen LogP contribution in [-0.2, 0) is 19.1 Å². The lowest BCUT2D eigenvalue weighted by Crippen LogP contribution is -2.15. The van der Waals surface area contributed by atoms with Crippen LogP contribution in [0.3, 0.4) is 0 Å². The smallest absolute Gasteiger partial charge is 0.343 e. The van der Waals surface area contributed by atoms with E-state index >= 15 is 0 Å². The van der Waals surface area contributed by atoms with E-state index in [0.29, 0.717) is 3.58 Å². The minimum atomic E-state index is -0.408. The number of esters is 2. The summed E-state index contributed by atoms with van der Waals surface area (Å²) in [7, 11) is 1.32. The zero-order chi connectivity index (χ0) is 12.6. The summed E-state index contributed by atoms with van der Waals surface area (Å²) < 4.78 is 10.1. The fourth-order valence-electron chi connectivity index (χ4n) is 1.12. The summed E-state index contributed by atoms with van der Waals surface area (Å²) in [6.45, 7) is 3.41. The van der Waals surface area contributed by atoms with Crippen molar-refractivity contribution in [2.45, 2.75) is 39.2 Å². The molecule has 0 saturated heterocycles. The zero-order valence-corrected chi connectivity index (χ0v) is 11.9. The molecule has 0 saturated carbocycles. The molecule has 16 heavy (non-hydrogen) atoms. The van der Waals surface area contributed by atoms with Gasteiger partial charge >= 0.3 is 11.9 Å². The molecule has 0 spiro atoms. The summed E-state index contributed by atoms with van der Waals surface area (Å²) in [5, 5.41) is 0. The summed E-state index contributed by atoms with van der Waals surface area (Å²) in [4.78, 5) is 22.0. The van der Waals surface area contributed by atoms with E-state index < -0.39 is 5.97 Å². The standard InChI is InChI=1S/C11H17IO4/c1-4-5-6-9(16-8(2)13)7-10(12)11(14)15-3/h7,9H,4-6H2,1-3H3/b10-7-/t9-/m1/s1. The van der Waals surface area contributed by atoms with E-state index in [9.17, 15) is 9.59 Å². The molecule has 0 amide bonds. The average Bonchev–Trinajstić information content (AvgIpc) is 2.23. The number of carbonyl (C=O) groups is 2. The lowest BCUT2D eigenvalue weighted by atomic mass is 10.1.